The first-order valence-electron chi connectivity index (χ1n) is 14.9. The SMILES string of the molecule is CC(=O)O[C@H]1C[C@@]2(C)[C@@H](C[C@H]1O)C(=O)C=C1[C@@H]2CC[C@]2(C)[C@@H]([C@@](C)(O)[C@@H](CCC(C)(O)CO)OC(C)=O)CC[C@@]12O. The molecule has 0 radical (unpaired) electrons. The summed E-state index contributed by atoms with van der Waals surface area (Å²) in [7, 11) is 0. The maximum absolute atomic E-state index is 13.6. The molecule has 10 heteroatoms. The summed E-state index contributed by atoms with van der Waals surface area (Å²) in [6.07, 6.45) is 1.45. The van der Waals surface area contributed by atoms with Gasteiger partial charge in [-0.3, -0.25) is 14.4 Å². The molecule has 4 rings (SSSR count). The number of ketones is 1. The van der Waals surface area contributed by atoms with Crippen LogP contribution >= 0.6 is 0 Å². The average Bonchev–Trinajstić information content (AvgIpc) is 3.15. The van der Waals surface area contributed by atoms with Gasteiger partial charge in [-0.2, -0.15) is 0 Å². The third-order valence-electron chi connectivity index (χ3n) is 11.4. The van der Waals surface area contributed by atoms with E-state index >= 15 is 0 Å². The van der Waals surface area contributed by atoms with E-state index in [9.17, 15) is 39.9 Å². The highest BCUT2D eigenvalue weighted by molar-refractivity contribution is 5.95. The molecular weight excluding hydrogens is 532 g/mol. The molecule has 0 heterocycles. The van der Waals surface area contributed by atoms with E-state index in [0.717, 1.165) is 0 Å². The second-order valence-electron chi connectivity index (χ2n) is 14.2. The Kier molecular flexibility index (Phi) is 8.37. The molecule has 0 aromatic rings. The highest BCUT2D eigenvalue weighted by Crippen LogP contribution is 2.68. The normalized spacial score (nSPS) is 42.0. The number of carbonyl (C=O) groups excluding carboxylic acids is 3. The fraction of sp³-hybridized carbons (Fsp3) is 0.839. The molecule has 0 bridgehead atoms. The van der Waals surface area contributed by atoms with Gasteiger partial charge in [0.15, 0.2) is 5.78 Å². The number of aliphatic hydroxyl groups excluding tert-OH is 2. The van der Waals surface area contributed by atoms with Crippen LogP contribution in [0, 0.1) is 28.6 Å². The summed E-state index contributed by atoms with van der Waals surface area (Å²) < 4.78 is 11.0. The molecule has 0 aliphatic heterocycles. The first-order valence-corrected chi connectivity index (χ1v) is 14.9. The molecule has 5 N–H and O–H groups in total. The number of hydrogen-bond donors (Lipinski definition) is 5. The van der Waals surface area contributed by atoms with Gasteiger partial charge >= 0.3 is 11.9 Å². The van der Waals surface area contributed by atoms with Gasteiger partial charge in [0.25, 0.3) is 0 Å². The van der Waals surface area contributed by atoms with Gasteiger partial charge in [-0.25, -0.2) is 0 Å². The Morgan fingerprint density at radius 2 is 1.76 bits per heavy atom. The Morgan fingerprint density at radius 3 is 2.34 bits per heavy atom. The third kappa shape index (κ3) is 5.28. The number of allylic oxidation sites excluding steroid dienone is 1. The molecule has 0 aromatic heterocycles. The summed E-state index contributed by atoms with van der Waals surface area (Å²) in [5, 5.41) is 55.1. The van der Waals surface area contributed by atoms with Crippen LogP contribution in [0.15, 0.2) is 11.6 Å². The first kappa shape index (κ1) is 32.1. The number of rotatable bonds is 8. The van der Waals surface area contributed by atoms with E-state index < -0.39 is 76.3 Å². The van der Waals surface area contributed by atoms with Gasteiger partial charge in [-0.05, 0) is 94.1 Å². The van der Waals surface area contributed by atoms with Crippen molar-refractivity contribution in [3.63, 3.8) is 0 Å². The first-order chi connectivity index (χ1) is 18.8. The minimum absolute atomic E-state index is 0.0854. The van der Waals surface area contributed by atoms with Crippen LogP contribution in [0.2, 0.25) is 0 Å². The van der Waals surface area contributed by atoms with Crippen molar-refractivity contribution in [3.8, 4) is 0 Å². The number of carbonyl (C=O) groups is 3. The van der Waals surface area contributed by atoms with Crippen molar-refractivity contribution in [1.82, 2.24) is 0 Å². The second-order valence-corrected chi connectivity index (χ2v) is 14.2. The fourth-order valence-electron chi connectivity index (χ4n) is 9.03. The summed E-state index contributed by atoms with van der Waals surface area (Å²) in [4.78, 5) is 37.4. The molecule has 1 unspecified atom stereocenters. The highest BCUT2D eigenvalue weighted by atomic mass is 16.6. The number of esters is 2. The van der Waals surface area contributed by atoms with Gasteiger partial charge in [-0.1, -0.05) is 13.8 Å². The zero-order valence-electron chi connectivity index (χ0n) is 25.2. The number of ether oxygens (including phenoxy) is 2. The van der Waals surface area contributed by atoms with Crippen LogP contribution in [0.25, 0.3) is 0 Å². The predicted molar refractivity (Wildman–Crippen MR) is 147 cm³/mol. The minimum Gasteiger partial charge on any atom is -0.460 e. The Balaban J connectivity index is 1.68. The van der Waals surface area contributed by atoms with Crippen molar-refractivity contribution < 1.29 is 49.4 Å². The molecule has 0 amide bonds. The van der Waals surface area contributed by atoms with E-state index in [2.05, 4.69) is 0 Å². The van der Waals surface area contributed by atoms with Crippen molar-refractivity contribution >= 4 is 17.7 Å². The Labute approximate surface area is 242 Å². The lowest BCUT2D eigenvalue weighted by atomic mass is 9.45. The summed E-state index contributed by atoms with van der Waals surface area (Å²) in [6, 6.07) is 0. The fourth-order valence-corrected chi connectivity index (χ4v) is 9.03. The Bertz CT molecular complexity index is 1100. The maximum Gasteiger partial charge on any atom is 0.303 e. The minimum atomic E-state index is -1.58. The number of hydrogen-bond acceptors (Lipinski definition) is 10. The molecule has 4 aliphatic carbocycles. The van der Waals surface area contributed by atoms with E-state index in [1.807, 2.05) is 13.8 Å². The third-order valence-corrected chi connectivity index (χ3v) is 11.4. The van der Waals surface area contributed by atoms with E-state index in [1.54, 1.807) is 13.0 Å². The summed E-state index contributed by atoms with van der Waals surface area (Å²) in [5.74, 6) is -2.38. The lowest BCUT2D eigenvalue weighted by Gasteiger charge is -2.61. The van der Waals surface area contributed by atoms with Gasteiger partial charge in [0.2, 0.25) is 0 Å². The van der Waals surface area contributed by atoms with Crippen LogP contribution in [0.1, 0.15) is 92.9 Å². The number of fused-ring (bicyclic) bond motifs is 5. The molecule has 3 saturated carbocycles. The monoisotopic (exact) mass is 580 g/mol. The second kappa shape index (κ2) is 10.7. The molecular formula is C31H48O10. The van der Waals surface area contributed by atoms with Crippen LogP contribution in [0.3, 0.4) is 0 Å². The van der Waals surface area contributed by atoms with Gasteiger partial charge in [0, 0.05) is 25.2 Å². The van der Waals surface area contributed by atoms with Crippen molar-refractivity contribution in [3.05, 3.63) is 11.6 Å². The highest BCUT2D eigenvalue weighted by Gasteiger charge is 2.69. The lowest BCUT2D eigenvalue weighted by Crippen LogP contribution is -2.63. The maximum atomic E-state index is 13.6. The summed E-state index contributed by atoms with van der Waals surface area (Å²) >= 11 is 0. The quantitative estimate of drug-likeness (QED) is 0.267. The Morgan fingerprint density at radius 1 is 1.10 bits per heavy atom. The smallest absolute Gasteiger partial charge is 0.303 e. The van der Waals surface area contributed by atoms with E-state index in [-0.39, 0.29) is 31.0 Å². The van der Waals surface area contributed by atoms with E-state index in [1.165, 1.54) is 20.8 Å². The van der Waals surface area contributed by atoms with Crippen molar-refractivity contribution in [2.45, 2.75) is 128 Å². The molecule has 0 spiro atoms. The molecule has 41 heavy (non-hydrogen) atoms. The molecule has 4 aliphatic rings. The molecule has 11 atom stereocenters. The largest absolute Gasteiger partial charge is 0.460 e. The molecule has 232 valence electrons. The summed E-state index contributed by atoms with van der Waals surface area (Å²) in [5.41, 5.74) is -5.25. The van der Waals surface area contributed by atoms with Gasteiger partial charge in [-0.15, -0.1) is 0 Å². The molecule has 0 saturated heterocycles. The lowest BCUT2D eigenvalue weighted by molar-refractivity contribution is -0.194. The average molecular weight is 581 g/mol. The molecule has 10 nitrogen and oxygen atoms in total. The predicted octanol–water partition coefficient (Wildman–Crippen LogP) is 1.97. The van der Waals surface area contributed by atoms with Crippen molar-refractivity contribution in [1.29, 1.82) is 0 Å². The van der Waals surface area contributed by atoms with Crippen LogP contribution in [-0.4, -0.2) is 85.0 Å². The van der Waals surface area contributed by atoms with Crippen molar-refractivity contribution in [2.75, 3.05) is 6.61 Å². The standard InChI is InChI=1S/C31H48O10/c1-17(33)40-24-15-28(4)19-7-11-29(5)25(30(6,38)26(41-18(2)34)9-10-27(3,37)16-32)8-12-31(29,39)20(19)13-22(35)21(28)14-23(24)36/h13,19,21,23-26,32,36-39H,7-12,14-16H2,1-6H3/t19-,21-,23+,24-,25-,26+,27?,28+,29+,30+,31+/m0/s1. The van der Waals surface area contributed by atoms with Crippen LogP contribution in [-0.2, 0) is 23.9 Å². The van der Waals surface area contributed by atoms with Crippen LogP contribution in [0.4, 0.5) is 0 Å². The van der Waals surface area contributed by atoms with Crippen LogP contribution in [0.5, 0.6) is 0 Å². The van der Waals surface area contributed by atoms with Crippen molar-refractivity contribution in [2.24, 2.45) is 28.6 Å². The Hall–Kier alpha value is -1.85. The van der Waals surface area contributed by atoms with Gasteiger partial charge in [0.05, 0.1) is 23.9 Å². The van der Waals surface area contributed by atoms with E-state index in [4.69, 9.17) is 9.47 Å². The topological polar surface area (TPSA) is 171 Å². The van der Waals surface area contributed by atoms with Gasteiger partial charge < -0.3 is 35.0 Å². The zero-order chi connectivity index (χ0) is 30.8. The summed E-state index contributed by atoms with van der Waals surface area (Å²) in [6.45, 7) is 9.06. The van der Waals surface area contributed by atoms with Crippen LogP contribution < -0.4 is 0 Å². The van der Waals surface area contributed by atoms with Gasteiger partial charge in [0.1, 0.15) is 17.8 Å². The molecule has 3 fully saturated rings. The number of aliphatic hydroxyl groups is 5. The molecule has 0 aromatic carbocycles. The zero-order valence-corrected chi connectivity index (χ0v) is 25.2. The van der Waals surface area contributed by atoms with E-state index in [0.29, 0.717) is 37.7 Å².